The van der Waals surface area contributed by atoms with Crippen molar-refractivity contribution in [3.05, 3.63) is 29.3 Å². The van der Waals surface area contributed by atoms with Crippen molar-refractivity contribution in [3.8, 4) is 0 Å². The Bertz CT molecular complexity index is 1090. The van der Waals surface area contributed by atoms with Crippen LogP contribution in [-0.4, -0.2) is 54.8 Å². The highest BCUT2D eigenvalue weighted by Gasteiger charge is 2.48. The van der Waals surface area contributed by atoms with E-state index in [1.807, 2.05) is 19.1 Å². The highest BCUT2D eigenvalue weighted by Crippen LogP contribution is 2.36. The molecular formula is C25H36N4O4S. The smallest absolute Gasteiger partial charge is 0.253 e. The average Bonchev–Trinajstić information content (AvgIpc) is 3.09. The molecule has 1 saturated heterocycles. The zero-order valence-electron chi connectivity index (χ0n) is 20.4. The van der Waals surface area contributed by atoms with Gasteiger partial charge in [0.1, 0.15) is 11.4 Å². The van der Waals surface area contributed by atoms with Crippen LogP contribution in [0, 0.1) is 18.8 Å². The van der Waals surface area contributed by atoms with E-state index < -0.39 is 15.6 Å². The molecule has 2 heterocycles. The van der Waals surface area contributed by atoms with Gasteiger partial charge in [0.2, 0.25) is 15.9 Å². The maximum Gasteiger partial charge on any atom is 0.253 e. The molecule has 4 rings (SSSR count). The number of amidine groups is 1. The summed E-state index contributed by atoms with van der Waals surface area (Å²) in [5.74, 6) is 1.60. The summed E-state index contributed by atoms with van der Waals surface area (Å²) in [6, 6.07) is 5.52. The molecule has 186 valence electrons. The second-order valence-corrected chi connectivity index (χ2v) is 12.3. The van der Waals surface area contributed by atoms with Crippen LogP contribution in [0.5, 0.6) is 0 Å². The number of benzene rings is 1. The van der Waals surface area contributed by atoms with Gasteiger partial charge in [-0.2, -0.15) is 0 Å². The fourth-order valence-electron chi connectivity index (χ4n) is 5.52. The van der Waals surface area contributed by atoms with Crippen molar-refractivity contribution in [1.82, 2.24) is 9.62 Å². The number of sulfonamides is 1. The van der Waals surface area contributed by atoms with Crippen LogP contribution in [0.1, 0.15) is 63.5 Å². The van der Waals surface area contributed by atoms with Crippen molar-refractivity contribution in [2.75, 3.05) is 24.2 Å². The lowest BCUT2D eigenvalue weighted by molar-refractivity contribution is -0.125. The number of aliphatic imine (C=N–C) groups is 1. The third-order valence-electron chi connectivity index (χ3n) is 7.56. The van der Waals surface area contributed by atoms with Gasteiger partial charge in [-0.1, -0.05) is 25.8 Å². The Morgan fingerprint density at radius 3 is 2.65 bits per heavy atom. The van der Waals surface area contributed by atoms with Crippen molar-refractivity contribution in [1.29, 1.82) is 0 Å². The van der Waals surface area contributed by atoms with Gasteiger partial charge in [0.15, 0.2) is 0 Å². The van der Waals surface area contributed by atoms with E-state index in [0.717, 1.165) is 36.2 Å². The standard InChI is InChI=1S/C25H36N4O4S/c1-17-5-4-6-21(15-17)23-27-24(31)25(28-23)10-12-29(13-11-25)34(32,33)14-9-20-7-8-22(16-18(20)2)26-19(3)30/h7-8,16-17,21H,4-6,9-15H2,1-3H3,(H,26,30)(H,27,28,31)/t17-,21+/m1/s1. The van der Waals surface area contributed by atoms with Crippen LogP contribution in [0.15, 0.2) is 23.2 Å². The summed E-state index contributed by atoms with van der Waals surface area (Å²) in [4.78, 5) is 29.0. The second kappa shape index (κ2) is 9.77. The summed E-state index contributed by atoms with van der Waals surface area (Å²) in [5, 5.41) is 5.79. The Balaban J connectivity index is 1.36. The summed E-state index contributed by atoms with van der Waals surface area (Å²) in [6.45, 7) is 6.25. The Morgan fingerprint density at radius 1 is 1.26 bits per heavy atom. The Hall–Kier alpha value is -2.26. The van der Waals surface area contributed by atoms with E-state index in [2.05, 4.69) is 17.6 Å². The SMILES string of the molecule is CC(=O)Nc1ccc(CCS(=O)(=O)N2CCC3(CC2)N=C([C@H]2CCC[C@@H](C)C2)NC3=O)c(C)c1. The van der Waals surface area contributed by atoms with Gasteiger partial charge in [0.25, 0.3) is 5.91 Å². The fraction of sp³-hybridized carbons (Fsp3) is 0.640. The van der Waals surface area contributed by atoms with Crippen molar-refractivity contribution >= 4 is 33.4 Å². The lowest BCUT2D eigenvalue weighted by Crippen LogP contribution is -2.51. The molecule has 8 nitrogen and oxygen atoms in total. The van der Waals surface area contributed by atoms with Crippen LogP contribution < -0.4 is 10.6 Å². The highest BCUT2D eigenvalue weighted by molar-refractivity contribution is 7.89. The minimum absolute atomic E-state index is 0.0149. The molecule has 2 fully saturated rings. The highest BCUT2D eigenvalue weighted by atomic mass is 32.2. The predicted octanol–water partition coefficient (Wildman–Crippen LogP) is 3.01. The van der Waals surface area contributed by atoms with Gasteiger partial charge >= 0.3 is 0 Å². The first-order valence-electron chi connectivity index (χ1n) is 12.3. The molecule has 0 radical (unpaired) electrons. The van der Waals surface area contributed by atoms with E-state index >= 15 is 0 Å². The van der Waals surface area contributed by atoms with Crippen molar-refractivity contribution in [2.45, 2.75) is 71.3 Å². The molecule has 2 atom stereocenters. The monoisotopic (exact) mass is 488 g/mol. The van der Waals surface area contributed by atoms with E-state index in [-0.39, 0.29) is 17.6 Å². The topological polar surface area (TPSA) is 108 Å². The molecule has 34 heavy (non-hydrogen) atoms. The molecule has 3 aliphatic rings. The van der Waals surface area contributed by atoms with Gasteiger partial charge in [-0.25, -0.2) is 12.7 Å². The third-order valence-corrected chi connectivity index (χ3v) is 9.43. The number of hydrogen-bond acceptors (Lipinski definition) is 5. The summed E-state index contributed by atoms with van der Waals surface area (Å²) in [6.07, 6.45) is 5.76. The van der Waals surface area contributed by atoms with Crippen molar-refractivity contribution < 1.29 is 18.0 Å². The summed E-state index contributed by atoms with van der Waals surface area (Å²) >= 11 is 0. The molecule has 2 aliphatic heterocycles. The minimum Gasteiger partial charge on any atom is -0.326 e. The maximum absolute atomic E-state index is 13.0. The number of carbonyl (C=O) groups is 2. The molecule has 1 spiro atoms. The lowest BCUT2D eigenvalue weighted by atomic mass is 9.82. The van der Waals surface area contributed by atoms with E-state index in [0.29, 0.717) is 49.9 Å². The molecule has 9 heteroatoms. The van der Waals surface area contributed by atoms with Crippen LogP contribution in [0.3, 0.4) is 0 Å². The molecule has 1 aromatic rings. The molecule has 0 bridgehead atoms. The van der Waals surface area contributed by atoms with Crippen LogP contribution >= 0.6 is 0 Å². The van der Waals surface area contributed by atoms with E-state index in [4.69, 9.17) is 4.99 Å². The quantitative estimate of drug-likeness (QED) is 0.642. The Kier molecular flexibility index (Phi) is 7.14. The van der Waals surface area contributed by atoms with Gasteiger partial charge in [0, 0.05) is 31.6 Å². The average molecular weight is 489 g/mol. The number of nitrogens with zero attached hydrogens (tertiary/aromatic N) is 2. The van der Waals surface area contributed by atoms with Gasteiger partial charge in [-0.05, 0) is 68.2 Å². The molecule has 0 aromatic heterocycles. The van der Waals surface area contributed by atoms with Crippen LogP contribution in [0.4, 0.5) is 5.69 Å². The van der Waals surface area contributed by atoms with Gasteiger partial charge < -0.3 is 10.6 Å². The van der Waals surface area contributed by atoms with Gasteiger partial charge in [-0.15, -0.1) is 0 Å². The maximum atomic E-state index is 13.0. The van der Waals surface area contributed by atoms with Crippen LogP contribution in [0.2, 0.25) is 0 Å². The Morgan fingerprint density at radius 2 is 2.00 bits per heavy atom. The fourth-order valence-corrected chi connectivity index (χ4v) is 6.99. The first-order valence-corrected chi connectivity index (χ1v) is 13.9. The van der Waals surface area contributed by atoms with Gasteiger partial charge in [-0.3, -0.25) is 14.6 Å². The molecular weight excluding hydrogens is 452 g/mol. The summed E-state index contributed by atoms with van der Waals surface area (Å²) in [5.41, 5.74) is 1.78. The molecule has 0 unspecified atom stereocenters. The largest absolute Gasteiger partial charge is 0.326 e. The number of aryl methyl sites for hydroxylation is 2. The third kappa shape index (κ3) is 5.35. The molecule has 2 N–H and O–H groups in total. The molecule has 1 aliphatic carbocycles. The van der Waals surface area contributed by atoms with E-state index in [9.17, 15) is 18.0 Å². The number of amides is 2. The number of nitrogens with one attached hydrogen (secondary N) is 2. The zero-order chi connectivity index (χ0) is 24.5. The van der Waals surface area contributed by atoms with Crippen LogP contribution in [0.25, 0.3) is 0 Å². The lowest BCUT2D eigenvalue weighted by Gasteiger charge is -2.34. The minimum atomic E-state index is -3.45. The number of piperidine rings is 1. The van der Waals surface area contributed by atoms with Crippen LogP contribution in [-0.2, 0) is 26.0 Å². The second-order valence-electron chi connectivity index (χ2n) is 10.2. The number of rotatable bonds is 6. The van der Waals surface area contributed by atoms with Gasteiger partial charge in [0.05, 0.1) is 5.75 Å². The molecule has 1 aromatic carbocycles. The Labute approximate surface area is 202 Å². The number of carbonyl (C=O) groups excluding carboxylic acids is 2. The predicted molar refractivity (Wildman–Crippen MR) is 133 cm³/mol. The first-order chi connectivity index (χ1) is 16.1. The number of hydrogen-bond donors (Lipinski definition) is 2. The zero-order valence-corrected chi connectivity index (χ0v) is 21.2. The summed E-state index contributed by atoms with van der Waals surface area (Å²) < 4.78 is 27.6. The number of anilines is 1. The van der Waals surface area contributed by atoms with Crippen molar-refractivity contribution in [3.63, 3.8) is 0 Å². The summed E-state index contributed by atoms with van der Waals surface area (Å²) in [7, 11) is -3.45. The molecule has 2 amide bonds. The van der Waals surface area contributed by atoms with E-state index in [1.165, 1.54) is 17.6 Å². The molecule has 1 saturated carbocycles. The van der Waals surface area contributed by atoms with Crippen molar-refractivity contribution in [2.24, 2.45) is 16.8 Å². The normalized spacial score (nSPS) is 25.1. The first kappa shape index (κ1) is 24.9. The van der Waals surface area contributed by atoms with E-state index in [1.54, 1.807) is 6.07 Å².